The van der Waals surface area contributed by atoms with E-state index >= 15 is 0 Å². The average Bonchev–Trinajstić information content (AvgIpc) is 3.03. The molecule has 1 aliphatic rings. The van der Waals surface area contributed by atoms with Crippen LogP contribution in [-0.4, -0.2) is 42.5 Å². The monoisotopic (exact) mass is 333 g/mol. The van der Waals surface area contributed by atoms with E-state index in [0.717, 1.165) is 24.9 Å². The topological polar surface area (TPSA) is 84.7 Å². The number of ether oxygens (including phenoxy) is 1. The first kappa shape index (κ1) is 18.3. The third-order valence-electron chi connectivity index (χ3n) is 4.32. The van der Waals surface area contributed by atoms with Crippen LogP contribution in [0, 0.1) is 0 Å². The van der Waals surface area contributed by atoms with Crippen LogP contribution in [0.5, 0.6) is 5.75 Å². The number of benzene rings is 1. The van der Waals surface area contributed by atoms with Gasteiger partial charge < -0.3 is 20.7 Å². The predicted octanol–water partition coefficient (Wildman–Crippen LogP) is 1.60. The summed E-state index contributed by atoms with van der Waals surface area (Å²) in [7, 11) is 0. The fourth-order valence-corrected chi connectivity index (χ4v) is 3.24. The molecule has 24 heavy (non-hydrogen) atoms. The second-order valence-electron chi connectivity index (χ2n) is 6.05. The summed E-state index contributed by atoms with van der Waals surface area (Å²) in [6.07, 6.45) is 2.14. The van der Waals surface area contributed by atoms with Crippen LogP contribution in [0.15, 0.2) is 24.3 Å². The Morgan fingerprint density at radius 2 is 2.17 bits per heavy atom. The molecule has 0 bridgehead atoms. The molecule has 0 aliphatic carbocycles. The van der Waals surface area contributed by atoms with E-state index in [0.29, 0.717) is 18.9 Å². The van der Waals surface area contributed by atoms with Crippen molar-refractivity contribution in [3.63, 3.8) is 0 Å². The van der Waals surface area contributed by atoms with E-state index in [4.69, 9.17) is 10.5 Å². The van der Waals surface area contributed by atoms with Gasteiger partial charge in [-0.3, -0.25) is 9.59 Å². The highest BCUT2D eigenvalue weighted by molar-refractivity contribution is 5.80. The summed E-state index contributed by atoms with van der Waals surface area (Å²) in [4.78, 5) is 26.2. The number of para-hydroxylation sites is 1. The first-order valence-electron chi connectivity index (χ1n) is 8.55. The molecule has 0 radical (unpaired) electrons. The summed E-state index contributed by atoms with van der Waals surface area (Å²) in [6, 6.07) is 7.22. The first-order valence-corrected chi connectivity index (χ1v) is 8.55. The Hall–Kier alpha value is -2.08. The zero-order valence-electron chi connectivity index (χ0n) is 14.5. The van der Waals surface area contributed by atoms with Crippen molar-refractivity contribution in [2.24, 2.45) is 5.73 Å². The van der Waals surface area contributed by atoms with Crippen molar-refractivity contribution in [2.45, 2.75) is 45.2 Å². The number of nitrogens with one attached hydrogen (secondary N) is 1. The number of carbonyl (C=O) groups excluding carboxylic acids is 2. The number of nitrogens with two attached hydrogens (primary N) is 1. The normalized spacial score (nSPS) is 18.3. The first-order chi connectivity index (χ1) is 11.6. The quantitative estimate of drug-likeness (QED) is 0.794. The fraction of sp³-hybridized carbons (Fsp3) is 0.556. The maximum absolute atomic E-state index is 12.7. The van der Waals surface area contributed by atoms with Crippen molar-refractivity contribution in [2.75, 3.05) is 19.7 Å². The summed E-state index contributed by atoms with van der Waals surface area (Å²) in [5.74, 6) is 0.548. The van der Waals surface area contributed by atoms with E-state index in [2.05, 4.69) is 5.32 Å². The van der Waals surface area contributed by atoms with E-state index < -0.39 is 6.04 Å². The lowest BCUT2D eigenvalue weighted by Crippen LogP contribution is -2.41. The molecule has 1 saturated heterocycles. The minimum Gasteiger partial charge on any atom is -0.494 e. The lowest BCUT2D eigenvalue weighted by molar-refractivity contribution is -0.132. The molecular formula is C18H27N3O3. The van der Waals surface area contributed by atoms with Gasteiger partial charge in [0.1, 0.15) is 5.75 Å². The lowest BCUT2D eigenvalue weighted by Gasteiger charge is -2.27. The van der Waals surface area contributed by atoms with Gasteiger partial charge in [0.15, 0.2) is 0 Å². The smallest absolute Gasteiger partial charge is 0.225 e. The SMILES string of the molecule is CCOc1ccccc1C(CC(=O)N1CCCC1CN)NC(C)=O. The molecular weight excluding hydrogens is 306 g/mol. The molecule has 0 saturated carbocycles. The van der Waals surface area contributed by atoms with Gasteiger partial charge in [-0.15, -0.1) is 0 Å². The van der Waals surface area contributed by atoms with Gasteiger partial charge in [0.25, 0.3) is 0 Å². The molecule has 1 aliphatic heterocycles. The summed E-state index contributed by atoms with van der Waals surface area (Å²) < 4.78 is 5.65. The molecule has 3 N–H and O–H groups in total. The molecule has 2 unspecified atom stereocenters. The zero-order chi connectivity index (χ0) is 17.5. The highest BCUT2D eigenvalue weighted by Gasteiger charge is 2.30. The van der Waals surface area contributed by atoms with Gasteiger partial charge in [-0.25, -0.2) is 0 Å². The minimum absolute atomic E-state index is 0.0213. The summed E-state index contributed by atoms with van der Waals surface area (Å²) in [5.41, 5.74) is 6.59. The Bertz CT molecular complexity index is 576. The number of hydrogen-bond acceptors (Lipinski definition) is 4. The summed E-state index contributed by atoms with van der Waals surface area (Å²) in [5, 5.41) is 2.88. The van der Waals surface area contributed by atoms with Crippen LogP contribution in [0.4, 0.5) is 0 Å². The molecule has 0 spiro atoms. The Labute approximate surface area is 143 Å². The average molecular weight is 333 g/mol. The number of amides is 2. The molecule has 1 aromatic rings. The van der Waals surface area contributed by atoms with Crippen LogP contribution in [0.25, 0.3) is 0 Å². The Morgan fingerprint density at radius 3 is 2.83 bits per heavy atom. The Morgan fingerprint density at radius 1 is 1.42 bits per heavy atom. The van der Waals surface area contributed by atoms with Crippen LogP contribution in [-0.2, 0) is 9.59 Å². The molecule has 2 rings (SSSR count). The van der Waals surface area contributed by atoms with Crippen molar-refractivity contribution in [1.29, 1.82) is 0 Å². The van der Waals surface area contributed by atoms with E-state index in [-0.39, 0.29) is 24.3 Å². The van der Waals surface area contributed by atoms with Gasteiger partial charge in [-0.05, 0) is 25.8 Å². The van der Waals surface area contributed by atoms with Gasteiger partial charge >= 0.3 is 0 Å². The zero-order valence-corrected chi connectivity index (χ0v) is 14.5. The molecule has 0 aromatic heterocycles. The van der Waals surface area contributed by atoms with E-state index in [1.54, 1.807) is 0 Å². The Balaban J connectivity index is 2.19. The second kappa shape index (κ2) is 8.68. The molecule has 6 nitrogen and oxygen atoms in total. The maximum atomic E-state index is 12.7. The summed E-state index contributed by atoms with van der Waals surface area (Å²) in [6.45, 7) is 5.11. The largest absolute Gasteiger partial charge is 0.494 e. The van der Waals surface area contributed by atoms with E-state index in [1.165, 1.54) is 6.92 Å². The lowest BCUT2D eigenvalue weighted by atomic mass is 10.0. The third kappa shape index (κ3) is 4.47. The van der Waals surface area contributed by atoms with Gasteiger partial charge in [-0.1, -0.05) is 18.2 Å². The third-order valence-corrected chi connectivity index (χ3v) is 4.32. The molecule has 1 fully saturated rings. The van der Waals surface area contributed by atoms with Crippen molar-refractivity contribution < 1.29 is 14.3 Å². The number of likely N-dealkylation sites (tertiary alicyclic amines) is 1. The predicted molar refractivity (Wildman–Crippen MR) is 92.6 cm³/mol. The van der Waals surface area contributed by atoms with Crippen molar-refractivity contribution >= 4 is 11.8 Å². The highest BCUT2D eigenvalue weighted by atomic mass is 16.5. The Kier molecular flexibility index (Phi) is 6.61. The van der Waals surface area contributed by atoms with Gasteiger partial charge in [-0.2, -0.15) is 0 Å². The molecule has 132 valence electrons. The molecule has 2 amide bonds. The van der Waals surface area contributed by atoms with Gasteiger partial charge in [0.2, 0.25) is 11.8 Å². The van der Waals surface area contributed by atoms with Crippen molar-refractivity contribution in [1.82, 2.24) is 10.2 Å². The van der Waals surface area contributed by atoms with Crippen LogP contribution >= 0.6 is 0 Å². The highest BCUT2D eigenvalue weighted by Crippen LogP contribution is 2.29. The van der Waals surface area contributed by atoms with Crippen LogP contribution < -0.4 is 15.8 Å². The van der Waals surface area contributed by atoms with Crippen molar-refractivity contribution in [3.05, 3.63) is 29.8 Å². The number of hydrogen-bond donors (Lipinski definition) is 2. The minimum atomic E-state index is -0.406. The molecule has 2 atom stereocenters. The van der Waals surface area contributed by atoms with Gasteiger partial charge in [0, 0.05) is 31.6 Å². The van der Waals surface area contributed by atoms with Crippen LogP contribution in [0.2, 0.25) is 0 Å². The number of nitrogens with zero attached hydrogens (tertiary/aromatic N) is 1. The molecule has 1 heterocycles. The van der Waals surface area contributed by atoms with E-state index in [1.807, 2.05) is 36.1 Å². The van der Waals surface area contributed by atoms with Gasteiger partial charge in [0.05, 0.1) is 19.1 Å². The van der Waals surface area contributed by atoms with Crippen LogP contribution in [0.1, 0.15) is 44.7 Å². The second-order valence-corrected chi connectivity index (χ2v) is 6.05. The molecule has 6 heteroatoms. The maximum Gasteiger partial charge on any atom is 0.225 e. The summed E-state index contributed by atoms with van der Waals surface area (Å²) >= 11 is 0. The standard InChI is InChI=1S/C18H27N3O3/c1-3-24-17-9-5-4-8-15(17)16(20-13(2)22)11-18(23)21-10-6-7-14(21)12-19/h4-5,8-9,14,16H,3,6-7,10-12,19H2,1-2H3,(H,20,22). The van der Waals surface area contributed by atoms with E-state index in [9.17, 15) is 9.59 Å². The number of carbonyl (C=O) groups is 2. The van der Waals surface area contributed by atoms with Crippen molar-refractivity contribution in [3.8, 4) is 5.75 Å². The fourth-order valence-electron chi connectivity index (χ4n) is 3.24. The van der Waals surface area contributed by atoms with Crippen LogP contribution in [0.3, 0.4) is 0 Å². The molecule has 1 aromatic carbocycles. The number of rotatable bonds is 7.